The highest BCUT2D eigenvalue weighted by Crippen LogP contribution is 2.26. The van der Waals surface area contributed by atoms with Crippen molar-refractivity contribution in [2.75, 3.05) is 0 Å². The van der Waals surface area contributed by atoms with E-state index in [-0.39, 0.29) is 0 Å². The highest BCUT2D eigenvalue weighted by molar-refractivity contribution is 6.17. The zero-order valence-electron chi connectivity index (χ0n) is 16.5. The van der Waals surface area contributed by atoms with E-state index in [1.54, 1.807) is 12.4 Å². The van der Waals surface area contributed by atoms with Crippen LogP contribution in [0.15, 0.2) is 97.0 Å². The van der Waals surface area contributed by atoms with Crippen molar-refractivity contribution >= 4 is 23.8 Å². The van der Waals surface area contributed by atoms with E-state index in [1.165, 1.54) is 22.3 Å². The van der Waals surface area contributed by atoms with Gasteiger partial charge in [-0.1, -0.05) is 48.6 Å². The molecule has 0 fully saturated rings. The zero-order valence-corrected chi connectivity index (χ0v) is 16.5. The standard InChI is InChI=1S/C26H28N2/c1-5-11-21-15-9-17-25(23(21)13-7-3)27-19-20-28-26-18-10-16-22(12-6-2)24(26)14-8-4/h5-10,15-20H,1-4,11-14H2. The van der Waals surface area contributed by atoms with E-state index in [0.29, 0.717) is 0 Å². The first-order chi connectivity index (χ1) is 13.7. The summed E-state index contributed by atoms with van der Waals surface area (Å²) in [6, 6.07) is 12.3. The van der Waals surface area contributed by atoms with E-state index in [2.05, 4.69) is 48.4 Å². The van der Waals surface area contributed by atoms with E-state index in [4.69, 9.17) is 0 Å². The molecule has 0 aliphatic carbocycles. The van der Waals surface area contributed by atoms with Crippen molar-refractivity contribution < 1.29 is 0 Å². The molecule has 142 valence electrons. The quantitative estimate of drug-likeness (QED) is 0.311. The van der Waals surface area contributed by atoms with E-state index < -0.39 is 0 Å². The minimum absolute atomic E-state index is 0.779. The largest absolute Gasteiger partial charge is 0.255 e. The van der Waals surface area contributed by atoms with Gasteiger partial charge in [0.1, 0.15) is 0 Å². The van der Waals surface area contributed by atoms with E-state index >= 15 is 0 Å². The number of allylic oxidation sites excluding steroid dienone is 4. The molecule has 0 saturated heterocycles. The summed E-state index contributed by atoms with van der Waals surface area (Å²) < 4.78 is 0. The molecule has 0 aliphatic rings. The summed E-state index contributed by atoms with van der Waals surface area (Å²) in [4.78, 5) is 9.25. The van der Waals surface area contributed by atoms with Crippen LogP contribution < -0.4 is 0 Å². The Bertz CT molecular complexity index is 825. The van der Waals surface area contributed by atoms with Crippen LogP contribution in [0.2, 0.25) is 0 Å². The Balaban J connectivity index is 2.29. The van der Waals surface area contributed by atoms with E-state index in [0.717, 1.165) is 37.1 Å². The number of rotatable bonds is 11. The molecule has 2 aromatic rings. The maximum atomic E-state index is 4.62. The van der Waals surface area contributed by atoms with Crippen LogP contribution in [-0.4, -0.2) is 12.4 Å². The topological polar surface area (TPSA) is 24.7 Å². The van der Waals surface area contributed by atoms with Crippen LogP contribution >= 0.6 is 0 Å². The lowest BCUT2D eigenvalue weighted by atomic mass is 10.00. The van der Waals surface area contributed by atoms with Crippen molar-refractivity contribution in [2.24, 2.45) is 9.98 Å². The molecule has 0 amide bonds. The minimum atomic E-state index is 0.779. The molecule has 0 aliphatic heterocycles. The molecule has 0 atom stereocenters. The third kappa shape index (κ3) is 5.62. The van der Waals surface area contributed by atoms with Gasteiger partial charge in [-0.3, -0.25) is 9.98 Å². The SMILES string of the molecule is C=CCc1cccc(N=CC=Nc2cccc(CC=C)c2CC=C)c1CC=C. The Morgan fingerprint density at radius 2 is 0.964 bits per heavy atom. The number of hydrogen-bond donors (Lipinski definition) is 0. The Labute approximate surface area is 169 Å². The maximum absolute atomic E-state index is 4.62. The first kappa shape index (κ1) is 21.0. The van der Waals surface area contributed by atoms with Gasteiger partial charge in [0.25, 0.3) is 0 Å². The van der Waals surface area contributed by atoms with Gasteiger partial charge >= 0.3 is 0 Å². The Hall–Kier alpha value is -3.26. The highest BCUT2D eigenvalue weighted by Gasteiger charge is 2.06. The summed E-state index contributed by atoms with van der Waals surface area (Å²) in [5, 5.41) is 0. The van der Waals surface area contributed by atoms with Crippen LogP contribution in [0.4, 0.5) is 11.4 Å². The summed E-state index contributed by atoms with van der Waals surface area (Å²) in [6.07, 6.45) is 14.3. The highest BCUT2D eigenvalue weighted by atomic mass is 14.8. The molecule has 0 aromatic heterocycles. The van der Waals surface area contributed by atoms with Crippen molar-refractivity contribution in [1.29, 1.82) is 0 Å². The monoisotopic (exact) mass is 368 g/mol. The van der Waals surface area contributed by atoms with Gasteiger partial charge in [0, 0.05) is 12.4 Å². The fourth-order valence-corrected chi connectivity index (χ4v) is 3.16. The minimum Gasteiger partial charge on any atom is -0.255 e. The summed E-state index contributed by atoms with van der Waals surface area (Å²) >= 11 is 0. The normalized spacial score (nSPS) is 11.0. The van der Waals surface area contributed by atoms with Crippen molar-refractivity contribution in [2.45, 2.75) is 25.7 Å². The molecule has 0 heterocycles. The van der Waals surface area contributed by atoms with E-state index in [1.807, 2.05) is 48.6 Å². The fourth-order valence-electron chi connectivity index (χ4n) is 3.16. The van der Waals surface area contributed by atoms with Crippen LogP contribution in [0.1, 0.15) is 22.3 Å². The van der Waals surface area contributed by atoms with Gasteiger partial charge in [-0.05, 0) is 60.1 Å². The van der Waals surface area contributed by atoms with Crippen molar-refractivity contribution in [3.63, 3.8) is 0 Å². The molecule has 0 radical (unpaired) electrons. The van der Waals surface area contributed by atoms with Crippen molar-refractivity contribution in [3.8, 4) is 0 Å². The first-order valence-corrected chi connectivity index (χ1v) is 9.47. The number of benzene rings is 2. The van der Waals surface area contributed by atoms with Gasteiger partial charge in [0.05, 0.1) is 11.4 Å². The average molecular weight is 369 g/mol. The fraction of sp³-hybridized carbons (Fsp3) is 0.154. The van der Waals surface area contributed by atoms with Crippen LogP contribution in [0.3, 0.4) is 0 Å². The van der Waals surface area contributed by atoms with Crippen LogP contribution in [0.25, 0.3) is 0 Å². The third-order valence-electron chi connectivity index (χ3n) is 4.42. The van der Waals surface area contributed by atoms with Crippen molar-refractivity contribution in [3.05, 3.63) is 109 Å². The van der Waals surface area contributed by atoms with Gasteiger partial charge in [-0.25, -0.2) is 0 Å². The molecule has 0 N–H and O–H groups in total. The second-order valence-corrected chi connectivity index (χ2v) is 6.36. The lowest BCUT2D eigenvalue weighted by molar-refractivity contribution is 1.15. The molecular weight excluding hydrogens is 340 g/mol. The molecule has 0 spiro atoms. The van der Waals surface area contributed by atoms with Gasteiger partial charge in [0.15, 0.2) is 0 Å². The summed E-state index contributed by atoms with van der Waals surface area (Å²) in [6.45, 7) is 15.4. The molecule has 0 bridgehead atoms. The van der Waals surface area contributed by atoms with Crippen LogP contribution in [-0.2, 0) is 25.7 Å². The summed E-state index contributed by atoms with van der Waals surface area (Å²) in [5.74, 6) is 0. The lowest BCUT2D eigenvalue weighted by Crippen LogP contribution is -1.93. The smallest absolute Gasteiger partial charge is 0.0668 e. The number of nitrogens with zero attached hydrogens (tertiary/aromatic N) is 2. The first-order valence-electron chi connectivity index (χ1n) is 9.47. The molecule has 0 saturated carbocycles. The lowest BCUT2D eigenvalue weighted by Gasteiger charge is -2.09. The van der Waals surface area contributed by atoms with Crippen LogP contribution in [0, 0.1) is 0 Å². The van der Waals surface area contributed by atoms with Gasteiger partial charge < -0.3 is 0 Å². The summed E-state index contributed by atoms with van der Waals surface area (Å²) in [5.41, 5.74) is 6.71. The Kier molecular flexibility index (Phi) is 8.61. The average Bonchev–Trinajstić information content (AvgIpc) is 2.70. The molecule has 2 nitrogen and oxygen atoms in total. The molecule has 2 aromatic carbocycles. The Morgan fingerprint density at radius 3 is 1.32 bits per heavy atom. The molecule has 2 heteroatoms. The van der Waals surface area contributed by atoms with E-state index in [9.17, 15) is 0 Å². The van der Waals surface area contributed by atoms with Crippen molar-refractivity contribution in [1.82, 2.24) is 0 Å². The molecular formula is C26H28N2. The molecule has 2 rings (SSSR count). The second-order valence-electron chi connectivity index (χ2n) is 6.36. The second kappa shape index (κ2) is 11.5. The predicted octanol–water partition coefficient (Wildman–Crippen LogP) is 6.71. The van der Waals surface area contributed by atoms with Gasteiger partial charge in [0.2, 0.25) is 0 Å². The molecule has 0 unspecified atom stereocenters. The summed E-state index contributed by atoms with van der Waals surface area (Å²) in [7, 11) is 0. The maximum Gasteiger partial charge on any atom is 0.0668 e. The zero-order chi connectivity index (χ0) is 20.2. The Morgan fingerprint density at radius 1 is 0.571 bits per heavy atom. The number of aliphatic imine (C=N–C) groups is 2. The van der Waals surface area contributed by atoms with Gasteiger partial charge in [-0.2, -0.15) is 0 Å². The predicted molar refractivity (Wildman–Crippen MR) is 125 cm³/mol. The van der Waals surface area contributed by atoms with Crippen LogP contribution in [0.5, 0.6) is 0 Å². The number of hydrogen-bond acceptors (Lipinski definition) is 2. The van der Waals surface area contributed by atoms with Gasteiger partial charge in [-0.15, -0.1) is 26.3 Å². The third-order valence-corrected chi connectivity index (χ3v) is 4.42. The molecule has 28 heavy (non-hydrogen) atoms.